The third kappa shape index (κ3) is 2.58. The van der Waals surface area contributed by atoms with Gasteiger partial charge in [-0.1, -0.05) is 6.07 Å². The molecular formula is C13H16N2O4. The van der Waals surface area contributed by atoms with Crippen LogP contribution in [-0.4, -0.2) is 41.5 Å². The van der Waals surface area contributed by atoms with E-state index in [0.717, 1.165) is 0 Å². The van der Waals surface area contributed by atoms with Crippen molar-refractivity contribution in [1.29, 1.82) is 0 Å². The largest absolute Gasteiger partial charge is 0.377 e. The van der Waals surface area contributed by atoms with Gasteiger partial charge in [0.2, 0.25) is 0 Å². The van der Waals surface area contributed by atoms with E-state index in [1.165, 1.54) is 6.07 Å². The number of amides is 1. The summed E-state index contributed by atoms with van der Waals surface area (Å²) in [6.45, 7) is 5.03. The lowest BCUT2D eigenvalue weighted by Gasteiger charge is -2.33. The van der Waals surface area contributed by atoms with Crippen LogP contribution >= 0.6 is 0 Å². The van der Waals surface area contributed by atoms with Crippen molar-refractivity contribution in [3.8, 4) is 0 Å². The Labute approximate surface area is 111 Å². The first kappa shape index (κ1) is 13.5. The zero-order valence-electron chi connectivity index (χ0n) is 11.0. The van der Waals surface area contributed by atoms with E-state index in [9.17, 15) is 14.9 Å². The summed E-state index contributed by atoms with van der Waals surface area (Å²) in [5.41, 5.74) is 0.783. The Kier molecular flexibility index (Phi) is 3.80. The van der Waals surface area contributed by atoms with E-state index >= 15 is 0 Å². The highest BCUT2D eigenvalue weighted by Gasteiger charge is 2.27. The van der Waals surface area contributed by atoms with Gasteiger partial charge in [-0.3, -0.25) is 14.9 Å². The topological polar surface area (TPSA) is 72.7 Å². The molecule has 1 saturated heterocycles. The molecule has 6 nitrogen and oxygen atoms in total. The first-order chi connectivity index (χ1) is 9.02. The number of hydrogen-bond acceptors (Lipinski definition) is 4. The predicted molar refractivity (Wildman–Crippen MR) is 69.2 cm³/mol. The van der Waals surface area contributed by atoms with Gasteiger partial charge in [0.25, 0.3) is 11.6 Å². The average molecular weight is 264 g/mol. The minimum absolute atomic E-state index is 0.0140. The van der Waals surface area contributed by atoms with Gasteiger partial charge >= 0.3 is 0 Å². The zero-order valence-corrected chi connectivity index (χ0v) is 11.0. The molecule has 0 aliphatic carbocycles. The van der Waals surface area contributed by atoms with Gasteiger partial charge in [0.1, 0.15) is 0 Å². The molecule has 0 spiro atoms. The molecule has 6 heteroatoms. The van der Waals surface area contributed by atoms with Crippen LogP contribution in [0.1, 0.15) is 22.8 Å². The SMILES string of the molecule is Cc1c(C(=O)N2CCOCC2C)cccc1[N+](=O)[O-]. The van der Waals surface area contributed by atoms with Crippen LogP contribution in [0.15, 0.2) is 18.2 Å². The molecule has 0 saturated carbocycles. The van der Waals surface area contributed by atoms with Crippen molar-refractivity contribution in [1.82, 2.24) is 4.90 Å². The number of nitrogens with zero attached hydrogens (tertiary/aromatic N) is 2. The van der Waals surface area contributed by atoms with Crippen molar-refractivity contribution < 1.29 is 14.5 Å². The number of benzene rings is 1. The second-order valence-corrected chi connectivity index (χ2v) is 4.63. The highest BCUT2D eigenvalue weighted by Crippen LogP contribution is 2.23. The summed E-state index contributed by atoms with van der Waals surface area (Å²) in [6.07, 6.45) is 0. The molecular weight excluding hydrogens is 248 g/mol. The Morgan fingerprint density at radius 1 is 1.53 bits per heavy atom. The Hall–Kier alpha value is -1.95. The lowest BCUT2D eigenvalue weighted by molar-refractivity contribution is -0.385. The van der Waals surface area contributed by atoms with Crippen LogP contribution in [0, 0.1) is 17.0 Å². The number of carbonyl (C=O) groups is 1. The van der Waals surface area contributed by atoms with Crippen molar-refractivity contribution in [2.45, 2.75) is 19.9 Å². The van der Waals surface area contributed by atoms with Crippen molar-refractivity contribution >= 4 is 11.6 Å². The van der Waals surface area contributed by atoms with Crippen molar-refractivity contribution in [2.24, 2.45) is 0 Å². The summed E-state index contributed by atoms with van der Waals surface area (Å²) in [6, 6.07) is 4.57. The monoisotopic (exact) mass is 264 g/mol. The number of rotatable bonds is 2. The first-order valence-electron chi connectivity index (χ1n) is 6.15. The summed E-state index contributed by atoms with van der Waals surface area (Å²) in [7, 11) is 0. The van der Waals surface area contributed by atoms with Gasteiger partial charge in [-0.05, 0) is 19.9 Å². The summed E-state index contributed by atoms with van der Waals surface area (Å²) in [5.74, 6) is -0.169. The van der Waals surface area contributed by atoms with Crippen LogP contribution < -0.4 is 0 Å². The standard InChI is InChI=1S/C13H16N2O4/c1-9-8-19-7-6-14(9)13(16)11-4-3-5-12(10(11)2)15(17)18/h3-5,9H,6-8H2,1-2H3. The summed E-state index contributed by atoms with van der Waals surface area (Å²) in [4.78, 5) is 24.6. The maximum atomic E-state index is 12.5. The lowest BCUT2D eigenvalue weighted by atomic mass is 10.0. The normalized spacial score (nSPS) is 19.3. The Bertz CT molecular complexity index is 515. The first-order valence-corrected chi connectivity index (χ1v) is 6.15. The number of nitro groups is 1. The van der Waals surface area contributed by atoms with E-state index in [0.29, 0.717) is 30.9 Å². The smallest absolute Gasteiger partial charge is 0.273 e. The van der Waals surface area contributed by atoms with Gasteiger partial charge in [-0.25, -0.2) is 0 Å². The molecule has 1 atom stereocenters. The van der Waals surface area contributed by atoms with Crippen molar-refractivity contribution in [3.05, 3.63) is 39.4 Å². The third-order valence-corrected chi connectivity index (χ3v) is 3.36. The molecule has 1 aromatic rings. The fraction of sp³-hybridized carbons (Fsp3) is 0.462. The van der Waals surface area contributed by atoms with E-state index in [2.05, 4.69) is 0 Å². The molecule has 1 aliphatic rings. The summed E-state index contributed by atoms with van der Waals surface area (Å²) >= 11 is 0. The zero-order chi connectivity index (χ0) is 14.0. The molecule has 19 heavy (non-hydrogen) atoms. The van der Waals surface area contributed by atoms with Gasteiger partial charge in [0, 0.05) is 23.7 Å². The number of ether oxygens (including phenoxy) is 1. The fourth-order valence-electron chi connectivity index (χ4n) is 2.24. The van der Waals surface area contributed by atoms with Crippen molar-refractivity contribution in [3.63, 3.8) is 0 Å². The second-order valence-electron chi connectivity index (χ2n) is 4.63. The Morgan fingerprint density at radius 2 is 2.26 bits per heavy atom. The van der Waals surface area contributed by atoms with E-state index in [1.54, 1.807) is 24.0 Å². The van der Waals surface area contributed by atoms with Crippen LogP contribution in [-0.2, 0) is 4.74 Å². The quantitative estimate of drug-likeness (QED) is 0.602. The van der Waals surface area contributed by atoms with E-state index in [-0.39, 0.29) is 17.6 Å². The molecule has 1 fully saturated rings. The van der Waals surface area contributed by atoms with Crippen LogP contribution in [0.25, 0.3) is 0 Å². The van der Waals surface area contributed by atoms with Gasteiger partial charge in [-0.2, -0.15) is 0 Å². The molecule has 1 unspecified atom stereocenters. The number of nitro benzene ring substituents is 1. The van der Waals surface area contributed by atoms with Crippen LogP contribution in [0.2, 0.25) is 0 Å². The molecule has 102 valence electrons. The molecule has 1 aliphatic heterocycles. The molecule has 0 aromatic heterocycles. The average Bonchev–Trinajstić information content (AvgIpc) is 2.38. The van der Waals surface area contributed by atoms with Crippen LogP contribution in [0.4, 0.5) is 5.69 Å². The van der Waals surface area contributed by atoms with E-state index in [1.807, 2.05) is 6.92 Å². The number of carbonyl (C=O) groups excluding carboxylic acids is 1. The Balaban J connectivity index is 2.33. The molecule has 1 heterocycles. The molecule has 0 radical (unpaired) electrons. The maximum absolute atomic E-state index is 12.5. The summed E-state index contributed by atoms with van der Waals surface area (Å²) < 4.78 is 5.29. The molecule has 2 rings (SSSR count). The number of hydrogen-bond donors (Lipinski definition) is 0. The molecule has 0 bridgehead atoms. The summed E-state index contributed by atoms with van der Waals surface area (Å²) in [5, 5.41) is 10.9. The van der Waals surface area contributed by atoms with E-state index in [4.69, 9.17) is 4.74 Å². The van der Waals surface area contributed by atoms with Gasteiger partial charge in [0.15, 0.2) is 0 Å². The fourth-order valence-corrected chi connectivity index (χ4v) is 2.24. The van der Waals surface area contributed by atoms with Gasteiger partial charge in [-0.15, -0.1) is 0 Å². The Morgan fingerprint density at radius 3 is 2.89 bits per heavy atom. The van der Waals surface area contributed by atoms with Crippen LogP contribution in [0.5, 0.6) is 0 Å². The molecule has 1 aromatic carbocycles. The molecule has 1 amide bonds. The highest BCUT2D eigenvalue weighted by atomic mass is 16.6. The number of morpholine rings is 1. The second kappa shape index (κ2) is 5.36. The van der Waals surface area contributed by atoms with Crippen molar-refractivity contribution in [2.75, 3.05) is 19.8 Å². The lowest BCUT2D eigenvalue weighted by Crippen LogP contribution is -2.47. The van der Waals surface area contributed by atoms with Gasteiger partial charge < -0.3 is 9.64 Å². The maximum Gasteiger partial charge on any atom is 0.273 e. The van der Waals surface area contributed by atoms with E-state index < -0.39 is 4.92 Å². The predicted octanol–water partition coefficient (Wildman–Crippen LogP) is 1.76. The highest BCUT2D eigenvalue weighted by molar-refractivity contribution is 5.96. The third-order valence-electron chi connectivity index (χ3n) is 3.36. The molecule has 0 N–H and O–H groups in total. The van der Waals surface area contributed by atoms with Gasteiger partial charge in [0.05, 0.1) is 24.2 Å². The van der Waals surface area contributed by atoms with Crippen LogP contribution in [0.3, 0.4) is 0 Å². The minimum Gasteiger partial charge on any atom is -0.377 e. The minimum atomic E-state index is -0.463.